The summed E-state index contributed by atoms with van der Waals surface area (Å²) < 4.78 is 4.77. The van der Waals surface area contributed by atoms with Crippen LogP contribution in [0.1, 0.15) is 21.5 Å². The Hall–Kier alpha value is -1.01. The highest BCUT2D eigenvalue weighted by Gasteiger charge is 2.08. The number of thiophene rings is 1. The molecule has 88 valence electrons. The van der Waals surface area contributed by atoms with Gasteiger partial charge in [-0.15, -0.1) is 23.1 Å². The van der Waals surface area contributed by atoms with Gasteiger partial charge in [0.15, 0.2) is 0 Å². The van der Waals surface area contributed by atoms with E-state index in [0.29, 0.717) is 23.0 Å². The Morgan fingerprint density at radius 3 is 2.81 bits per heavy atom. The average Bonchev–Trinajstić information content (AvgIpc) is 2.67. The van der Waals surface area contributed by atoms with E-state index in [9.17, 15) is 9.59 Å². The molecule has 0 saturated heterocycles. The van der Waals surface area contributed by atoms with Gasteiger partial charge >= 0.3 is 11.9 Å². The maximum Gasteiger partial charge on any atom is 0.345 e. The molecule has 1 heterocycles. The zero-order chi connectivity index (χ0) is 12.0. The van der Waals surface area contributed by atoms with Crippen molar-refractivity contribution in [1.82, 2.24) is 0 Å². The van der Waals surface area contributed by atoms with Crippen molar-refractivity contribution in [1.29, 1.82) is 0 Å². The molecule has 0 aliphatic carbocycles. The van der Waals surface area contributed by atoms with Crippen molar-refractivity contribution in [3.63, 3.8) is 0 Å². The van der Waals surface area contributed by atoms with E-state index in [1.54, 1.807) is 19.1 Å². The van der Waals surface area contributed by atoms with E-state index in [1.807, 2.05) is 0 Å². The maximum atomic E-state index is 11.0. The van der Waals surface area contributed by atoms with Gasteiger partial charge in [-0.1, -0.05) is 0 Å². The van der Waals surface area contributed by atoms with Crippen molar-refractivity contribution in [3.8, 4) is 0 Å². The van der Waals surface area contributed by atoms with Crippen molar-refractivity contribution in [2.24, 2.45) is 0 Å². The second-order valence-electron chi connectivity index (χ2n) is 2.87. The number of ether oxygens (including phenoxy) is 1. The minimum Gasteiger partial charge on any atom is -0.477 e. The molecular weight excluding hydrogens is 248 g/mol. The summed E-state index contributed by atoms with van der Waals surface area (Å²) in [6, 6.07) is 3.35. The van der Waals surface area contributed by atoms with Crippen molar-refractivity contribution >= 4 is 35.0 Å². The van der Waals surface area contributed by atoms with Gasteiger partial charge in [-0.25, -0.2) is 4.79 Å². The Balaban J connectivity index is 2.32. The summed E-state index contributed by atoms with van der Waals surface area (Å²) in [5.41, 5.74) is 0. The van der Waals surface area contributed by atoms with Crippen molar-refractivity contribution in [2.45, 2.75) is 12.7 Å². The van der Waals surface area contributed by atoms with Crippen molar-refractivity contribution in [2.75, 3.05) is 12.4 Å². The molecule has 0 atom stereocenters. The summed E-state index contributed by atoms with van der Waals surface area (Å²) >= 11 is 2.66. The minimum absolute atomic E-state index is 0.234. The third kappa shape index (κ3) is 4.24. The van der Waals surface area contributed by atoms with Crippen molar-refractivity contribution < 1.29 is 19.4 Å². The summed E-state index contributed by atoms with van der Waals surface area (Å²) in [5, 5.41) is 8.71. The molecule has 0 fully saturated rings. The summed E-state index contributed by atoms with van der Waals surface area (Å²) in [6.07, 6.45) is 0. The van der Waals surface area contributed by atoms with Gasteiger partial charge in [0, 0.05) is 10.6 Å². The predicted octanol–water partition coefficient (Wildman–Crippen LogP) is 2.24. The van der Waals surface area contributed by atoms with Crippen LogP contribution in [0.15, 0.2) is 12.1 Å². The summed E-state index contributed by atoms with van der Waals surface area (Å²) in [6.45, 7) is 2.16. The minimum atomic E-state index is -0.911. The first kappa shape index (κ1) is 13.1. The van der Waals surface area contributed by atoms with E-state index < -0.39 is 5.97 Å². The fourth-order valence-corrected chi connectivity index (χ4v) is 2.79. The second kappa shape index (κ2) is 6.55. The monoisotopic (exact) mass is 260 g/mol. The normalized spacial score (nSPS) is 10.1. The smallest absolute Gasteiger partial charge is 0.345 e. The topological polar surface area (TPSA) is 63.6 Å². The summed E-state index contributed by atoms with van der Waals surface area (Å²) in [7, 11) is 0. The molecular formula is C10H12O4S2. The molecule has 0 bridgehead atoms. The molecule has 0 aromatic carbocycles. The lowest BCUT2D eigenvalue weighted by Gasteiger charge is -2.00. The molecule has 6 heteroatoms. The number of aromatic carboxylic acids is 1. The number of carboxylic acid groups (broad SMARTS) is 1. The van der Waals surface area contributed by atoms with E-state index in [0.717, 1.165) is 4.88 Å². The highest BCUT2D eigenvalue weighted by atomic mass is 32.2. The van der Waals surface area contributed by atoms with Crippen LogP contribution in [-0.4, -0.2) is 29.4 Å². The van der Waals surface area contributed by atoms with Gasteiger partial charge in [0.2, 0.25) is 0 Å². The third-order valence-corrected chi connectivity index (χ3v) is 3.85. The molecule has 0 aliphatic heterocycles. The number of rotatable bonds is 6. The van der Waals surface area contributed by atoms with E-state index in [-0.39, 0.29) is 5.97 Å². The van der Waals surface area contributed by atoms with Crippen LogP contribution in [0.5, 0.6) is 0 Å². The lowest BCUT2D eigenvalue weighted by molar-refractivity contribution is -0.139. The SMILES string of the molecule is CCOC(=O)CSCc1ccc(C(=O)O)s1. The number of carbonyl (C=O) groups excluding carboxylic acids is 1. The van der Waals surface area contributed by atoms with Crippen LogP contribution < -0.4 is 0 Å². The van der Waals surface area contributed by atoms with Gasteiger partial charge in [-0.2, -0.15) is 0 Å². The Bertz CT molecular complexity index is 373. The van der Waals surface area contributed by atoms with E-state index in [4.69, 9.17) is 9.84 Å². The Morgan fingerprint density at radius 1 is 1.50 bits per heavy atom. The molecule has 1 aromatic rings. The number of esters is 1. The van der Waals surface area contributed by atoms with Gasteiger partial charge < -0.3 is 9.84 Å². The molecule has 1 N–H and O–H groups in total. The molecule has 0 unspecified atom stereocenters. The summed E-state index contributed by atoms with van der Waals surface area (Å²) in [5.74, 6) is -0.209. The Morgan fingerprint density at radius 2 is 2.25 bits per heavy atom. The third-order valence-electron chi connectivity index (χ3n) is 1.64. The average molecular weight is 260 g/mol. The van der Waals surface area contributed by atoms with Crippen LogP contribution >= 0.6 is 23.1 Å². The Kier molecular flexibility index (Phi) is 5.34. The first-order chi connectivity index (χ1) is 7.63. The molecule has 0 aliphatic rings. The number of carbonyl (C=O) groups is 2. The first-order valence-corrected chi connectivity index (χ1v) is 6.66. The number of hydrogen-bond acceptors (Lipinski definition) is 5. The van der Waals surface area contributed by atoms with E-state index >= 15 is 0 Å². The van der Waals surface area contributed by atoms with Crippen LogP contribution in [0.25, 0.3) is 0 Å². The zero-order valence-electron chi connectivity index (χ0n) is 8.76. The maximum absolute atomic E-state index is 11.0. The lowest BCUT2D eigenvalue weighted by Crippen LogP contribution is -2.06. The molecule has 0 amide bonds. The van der Waals surface area contributed by atoms with Crippen LogP contribution in [0.2, 0.25) is 0 Å². The molecule has 0 saturated carbocycles. The molecule has 4 nitrogen and oxygen atoms in total. The van der Waals surface area contributed by atoms with Crippen molar-refractivity contribution in [3.05, 3.63) is 21.9 Å². The number of thioether (sulfide) groups is 1. The molecule has 1 aromatic heterocycles. The highest BCUT2D eigenvalue weighted by molar-refractivity contribution is 7.99. The van der Waals surface area contributed by atoms with E-state index in [1.165, 1.54) is 23.1 Å². The molecule has 16 heavy (non-hydrogen) atoms. The van der Waals surface area contributed by atoms with Gasteiger partial charge in [-0.3, -0.25) is 4.79 Å². The standard InChI is InChI=1S/C10H12O4S2/c1-2-14-9(11)6-15-5-7-3-4-8(16-7)10(12)13/h3-4H,2,5-6H2,1H3,(H,12,13). The van der Waals surface area contributed by atoms with Crippen LogP contribution in [0.3, 0.4) is 0 Å². The lowest BCUT2D eigenvalue weighted by atomic mass is 10.4. The van der Waals surface area contributed by atoms with Gasteiger partial charge in [0.05, 0.1) is 12.4 Å². The fraction of sp³-hybridized carbons (Fsp3) is 0.400. The number of carboxylic acids is 1. The molecule has 0 radical (unpaired) electrons. The van der Waals surface area contributed by atoms with Gasteiger partial charge in [-0.05, 0) is 19.1 Å². The zero-order valence-corrected chi connectivity index (χ0v) is 10.4. The highest BCUT2D eigenvalue weighted by Crippen LogP contribution is 2.21. The van der Waals surface area contributed by atoms with Gasteiger partial charge in [0.1, 0.15) is 4.88 Å². The quantitative estimate of drug-likeness (QED) is 0.795. The van der Waals surface area contributed by atoms with Gasteiger partial charge in [0.25, 0.3) is 0 Å². The van der Waals surface area contributed by atoms with E-state index in [2.05, 4.69) is 0 Å². The van der Waals surface area contributed by atoms with Crippen LogP contribution in [-0.2, 0) is 15.3 Å². The first-order valence-electron chi connectivity index (χ1n) is 4.69. The summed E-state index contributed by atoms with van der Waals surface area (Å²) in [4.78, 5) is 22.9. The molecule has 0 spiro atoms. The fourth-order valence-electron chi connectivity index (χ4n) is 1.01. The number of hydrogen-bond donors (Lipinski definition) is 1. The van der Waals surface area contributed by atoms with Crippen LogP contribution in [0.4, 0.5) is 0 Å². The van der Waals surface area contributed by atoms with Crippen LogP contribution in [0, 0.1) is 0 Å². The largest absolute Gasteiger partial charge is 0.477 e. The Labute approximate surface area is 102 Å². The predicted molar refractivity (Wildman–Crippen MR) is 64.1 cm³/mol. The molecule has 1 rings (SSSR count). The second-order valence-corrected chi connectivity index (χ2v) is 5.02.